The van der Waals surface area contributed by atoms with Gasteiger partial charge in [-0.05, 0) is 33.6 Å². The van der Waals surface area contributed by atoms with Gasteiger partial charge in [-0.3, -0.25) is 0 Å². The van der Waals surface area contributed by atoms with Gasteiger partial charge in [-0.25, -0.2) is 4.98 Å². The second-order valence-corrected chi connectivity index (χ2v) is 5.86. The average Bonchev–Trinajstić information content (AvgIpc) is 2.59. The molecular weight excluding hydrogens is 220 g/mol. The quantitative estimate of drug-likeness (QED) is 0.882. The zero-order valence-corrected chi connectivity index (χ0v) is 11.1. The van der Waals surface area contributed by atoms with E-state index < -0.39 is 0 Å². The third-order valence-corrected chi connectivity index (χ3v) is 3.96. The zero-order chi connectivity index (χ0) is 11.5. The first-order valence-electron chi connectivity index (χ1n) is 5.94. The number of nitrogens with one attached hydrogen (secondary N) is 1. The van der Waals surface area contributed by atoms with Crippen molar-refractivity contribution in [2.24, 2.45) is 0 Å². The van der Waals surface area contributed by atoms with E-state index in [1.165, 1.54) is 10.6 Å². The van der Waals surface area contributed by atoms with Gasteiger partial charge in [-0.2, -0.15) is 0 Å². The third kappa shape index (κ3) is 2.81. The lowest BCUT2D eigenvalue weighted by molar-refractivity contribution is 0.0753. The summed E-state index contributed by atoms with van der Waals surface area (Å²) in [6, 6.07) is 0.943. The van der Waals surface area contributed by atoms with Crippen molar-refractivity contribution in [1.29, 1.82) is 0 Å². The number of hydrogen-bond donors (Lipinski definition) is 1. The molecule has 1 aromatic heterocycles. The molecule has 0 bridgehead atoms. The van der Waals surface area contributed by atoms with Gasteiger partial charge in [-0.1, -0.05) is 0 Å². The van der Waals surface area contributed by atoms with Crippen molar-refractivity contribution >= 4 is 11.3 Å². The van der Waals surface area contributed by atoms with Crippen molar-refractivity contribution in [1.82, 2.24) is 10.3 Å². The van der Waals surface area contributed by atoms with Crippen LogP contribution in [0.25, 0.3) is 0 Å². The van der Waals surface area contributed by atoms with Gasteiger partial charge in [-0.15, -0.1) is 11.3 Å². The average molecular weight is 240 g/mol. The molecule has 1 atom stereocenters. The number of rotatable bonds is 3. The summed E-state index contributed by atoms with van der Waals surface area (Å²) in [5, 5.41) is 4.81. The lowest BCUT2D eigenvalue weighted by Gasteiger charge is -2.26. The van der Waals surface area contributed by atoms with Gasteiger partial charge in [0.05, 0.1) is 10.7 Å². The molecule has 1 aliphatic heterocycles. The predicted octanol–water partition coefficient (Wildman–Crippen LogP) is 2.59. The highest BCUT2D eigenvalue weighted by molar-refractivity contribution is 7.11. The molecule has 2 heterocycles. The van der Waals surface area contributed by atoms with Crippen molar-refractivity contribution in [2.75, 3.05) is 13.2 Å². The molecule has 0 unspecified atom stereocenters. The number of ether oxygens (including phenoxy) is 1. The van der Waals surface area contributed by atoms with Crippen LogP contribution in [0.1, 0.15) is 41.4 Å². The van der Waals surface area contributed by atoms with Crippen LogP contribution in [0.5, 0.6) is 0 Å². The van der Waals surface area contributed by atoms with Crippen molar-refractivity contribution in [3.63, 3.8) is 0 Å². The Balaban J connectivity index is 1.96. The minimum atomic E-state index is 0.355. The molecule has 2 rings (SSSR count). The van der Waals surface area contributed by atoms with Crippen LogP contribution in [0.2, 0.25) is 0 Å². The zero-order valence-electron chi connectivity index (χ0n) is 10.2. The largest absolute Gasteiger partial charge is 0.381 e. The van der Waals surface area contributed by atoms with Gasteiger partial charge in [0.2, 0.25) is 0 Å². The van der Waals surface area contributed by atoms with Crippen molar-refractivity contribution in [3.05, 3.63) is 15.6 Å². The van der Waals surface area contributed by atoms with Gasteiger partial charge >= 0.3 is 0 Å². The molecule has 1 aromatic rings. The van der Waals surface area contributed by atoms with E-state index in [0.717, 1.165) is 31.1 Å². The summed E-state index contributed by atoms with van der Waals surface area (Å²) >= 11 is 1.78. The number of hydrogen-bond acceptors (Lipinski definition) is 4. The maximum Gasteiger partial charge on any atom is 0.0900 e. The minimum Gasteiger partial charge on any atom is -0.381 e. The van der Waals surface area contributed by atoms with E-state index in [1.807, 2.05) is 0 Å². The van der Waals surface area contributed by atoms with Crippen LogP contribution in [-0.4, -0.2) is 24.2 Å². The fraction of sp³-hybridized carbons (Fsp3) is 0.750. The van der Waals surface area contributed by atoms with Crippen LogP contribution in [0.4, 0.5) is 0 Å². The van der Waals surface area contributed by atoms with E-state index in [2.05, 4.69) is 31.1 Å². The summed E-state index contributed by atoms with van der Waals surface area (Å²) in [5.74, 6) is 0. The van der Waals surface area contributed by atoms with Crippen molar-refractivity contribution < 1.29 is 4.74 Å². The molecule has 16 heavy (non-hydrogen) atoms. The summed E-state index contributed by atoms with van der Waals surface area (Å²) in [6.07, 6.45) is 2.24. The molecule has 0 aromatic carbocycles. The van der Waals surface area contributed by atoms with Crippen LogP contribution in [0, 0.1) is 13.8 Å². The second kappa shape index (κ2) is 5.25. The summed E-state index contributed by atoms with van der Waals surface area (Å²) in [6.45, 7) is 8.21. The minimum absolute atomic E-state index is 0.355. The third-order valence-electron chi connectivity index (χ3n) is 3.06. The van der Waals surface area contributed by atoms with E-state index >= 15 is 0 Å². The Morgan fingerprint density at radius 3 is 2.62 bits per heavy atom. The first kappa shape index (κ1) is 12.0. The van der Waals surface area contributed by atoms with Gasteiger partial charge in [0, 0.05) is 30.2 Å². The molecule has 1 N–H and O–H groups in total. The van der Waals surface area contributed by atoms with Gasteiger partial charge in [0.1, 0.15) is 0 Å². The number of thiazole rings is 1. The smallest absolute Gasteiger partial charge is 0.0900 e. The van der Waals surface area contributed by atoms with Gasteiger partial charge in [0.25, 0.3) is 0 Å². The van der Waals surface area contributed by atoms with Gasteiger partial charge < -0.3 is 10.1 Å². The van der Waals surface area contributed by atoms with E-state index in [1.54, 1.807) is 11.3 Å². The Morgan fingerprint density at radius 1 is 1.38 bits per heavy atom. The van der Waals surface area contributed by atoms with Crippen LogP contribution in [0.3, 0.4) is 0 Å². The molecule has 0 amide bonds. The van der Waals surface area contributed by atoms with Crippen molar-refractivity contribution in [3.8, 4) is 0 Å². The lowest BCUT2D eigenvalue weighted by atomic mass is 10.1. The number of aryl methyl sites for hydroxylation is 2. The molecule has 1 aliphatic rings. The Bertz CT molecular complexity index is 345. The Morgan fingerprint density at radius 2 is 2.06 bits per heavy atom. The second-order valence-electron chi connectivity index (χ2n) is 4.45. The molecule has 3 nitrogen and oxygen atoms in total. The summed E-state index contributed by atoms with van der Waals surface area (Å²) in [7, 11) is 0. The molecule has 4 heteroatoms. The standard InChI is InChI=1S/C12H20N2OS/c1-8(12-9(2)16-10(3)14-12)13-11-4-6-15-7-5-11/h8,11,13H,4-7H2,1-3H3/t8-/m1/s1. The molecule has 90 valence electrons. The predicted molar refractivity (Wildman–Crippen MR) is 67.0 cm³/mol. The highest BCUT2D eigenvalue weighted by Gasteiger charge is 2.19. The topological polar surface area (TPSA) is 34.2 Å². The highest BCUT2D eigenvalue weighted by Crippen LogP contribution is 2.23. The van der Waals surface area contributed by atoms with Gasteiger partial charge in [0.15, 0.2) is 0 Å². The summed E-state index contributed by atoms with van der Waals surface area (Å²) in [5.41, 5.74) is 1.22. The summed E-state index contributed by atoms with van der Waals surface area (Å²) < 4.78 is 5.36. The first-order valence-corrected chi connectivity index (χ1v) is 6.76. The molecule has 0 saturated carbocycles. The maximum absolute atomic E-state index is 5.36. The Hall–Kier alpha value is -0.450. The monoisotopic (exact) mass is 240 g/mol. The fourth-order valence-corrected chi connectivity index (χ4v) is 3.16. The molecular formula is C12H20N2OS. The number of nitrogens with zero attached hydrogens (tertiary/aromatic N) is 1. The SMILES string of the molecule is Cc1nc([C@@H](C)NC2CCOCC2)c(C)s1. The van der Waals surface area contributed by atoms with Crippen LogP contribution in [0.15, 0.2) is 0 Å². The van der Waals surface area contributed by atoms with Crippen LogP contribution < -0.4 is 5.32 Å². The molecule has 1 saturated heterocycles. The van der Waals surface area contributed by atoms with Crippen LogP contribution >= 0.6 is 11.3 Å². The highest BCUT2D eigenvalue weighted by atomic mass is 32.1. The van der Waals surface area contributed by atoms with Crippen molar-refractivity contribution in [2.45, 2.75) is 45.7 Å². The normalized spacial score (nSPS) is 19.9. The molecule has 1 fully saturated rings. The molecule has 0 spiro atoms. The summed E-state index contributed by atoms with van der Waals surface area (Å²) in [4.78, 5) is 5.94. The maximum atomic E-state index is 5.36. The Labute approximate surface area is 101 Å². The van der Waals surface area contributed by atoms with E-state index in [4.69, 9.17) is 4.74 Å². The van der Waals surface area contributed by atoms with E-state index in [9.17, 15) is 0 Å². The van der Waals surface area contributed by atoms with Crippen LogP contribution in [-0.2, 0) is 4.74 Å². The number of aromatic nitrogens is 1. The van der Waals surface area contributed by atoms with E-state index in [0.29, 0.717) is 12.1 Å². The fourth-order valence-electron chi connectivity index (χ4n) is 2.24. The Kier molecular flexibility index (Phi) is 3.95. The molecule has 0 aliphatic carbocycles. The first-order chi connectivity index (χ1) is 7.66. The van der Waals surface area contributed by atoms with E-state index in [-0.39, 0.29) is 0 Å². The molecule has 0 radical (unpaired) electrons. The lowest BCUT2D eigenvalue weighted by Crippen LogP contribution is -2.36.